The van der Waals surface area contributed by atoms with Gasteiger partial charge in [0.15, 0.2) is 0 Å². The van der Waals surface area contributed by atoms with Crippen LogP contribution in [0, 0.1) is 0 Å². The van der Waals surface area contributed by atoms with Crippen LogP contribution < -0.4 is 16.2 Å². The Hall–Kier alpha value is -0.580. The number of halogens is 1. The highest BCUT2D eigenvalue weighted by Gasteiger charge is 2.12. The summed E-state index contributed by atoms with van der Waals surface area (Å²) in [6, 6.07) is 6.03. The Morgan fingerprint density at radius 3 is 2.56 bits per heavy atom. The number of rotatable bonds is 5. The second-order valence-corrected chi connectivity index (χ2v) is 4.96. The van der Waals surface area contributed by atoms with Crippen LogP contribution >= 0.6 is 15.9 Å². The number of hydrogen-bond acceptors (Lipinski definition) is 3. The minimum Gasteiger partial charge on any atom is -0.496 e. The third-order valence-corrected chi connectivity index (χ3v) is 3.02. The SMILES string of the molecule is COc1ccc(Br)cc1C(N)CCC(C)N. The van der Waals surface area contributed by atoms with E-state index >= 15 is 0 Å². The van der Waals surface area contributed by atoms with Gasteiger partial charge in [-0.1, -0.05) is 15.9 Å². The van der Waals surface area contributed by atoms with Crippen LogP contribution in [0.25, 0.3) is 0 Å². The molecule has 0 fully saturated rings. The van der Waals surface area contributed by atoms with Gasteiger partial charge in [-0.15, -0.1) is 0 Å². The first-order valence-electron chi connectivity index (χ1n) is 5.39. The van der Waals surface area contributed by atoms with Gasteiger partial charge in [0.05, 0.1) is 7.11 Å². The van der Waals surface area contributed by atoms with Gasteiger partial charge in [-0.2, -0.15) is 0 Å². The third kappa shape index (κ3) is 3.77. The quantitative estimate of drug-likeness (QED) is 0.875. The first-order chi connectivity index (χ1) is 7.54. The van der Waals surface area contributed by atoms with Gasteiger partial charge in [0, 0.05) is 22.1 Å². The molecule has 0 bridgehead atoms. The first kappa shape index (κ1) is 13.5. The molecule has 0 saturated carbocycles. The fraction of sp³-hybridized carbons (Fsp3) is 0.500. The molecule has 0 heterocycles. The lowest BCUT2D eigenvalue weighted by atomic mass is 10.00. The average Bonchev–Trinajstić information content (AvgIpc) is 2.25. The smallest absolute Gasteiger partial charge is 0.123 e. The maximum atomic E-state index is 6.13. The van der Waals surface area contributed by atoms with E-state index in [4.69, 9.17) is 16.2 Å². The van der Waals surface area contributed by atoms with Crippen LogP contribution in [-0.4, -0.2) is 13.2 Å². The summed E-state index contributed by atoms with van der Waals surface area (Å²) >= 11 is 3.44. The summed E-state index contributed by atoms with van der Waals surface area (Å²) in [5.41, 5.74) is 12.9. The van der Waals surface area contributed by atoms with E-state index < -0.39 is 0 Å². The predicted molar refractivity (Wildman–Crippen MR) is 70.5 cm³/mol. The van der Waals surface area contributed by atoms with Crippen molar-refractivity contribution >= 4 is 15.9 Å². The van der Waals surface area contributed by atoms with Crippen molar-refractivity contribution < 1.29 is 4.74 Å². The Balaban J connectivity index is 2.80. The zero-order chi connectivity index (χ0) is 12.1. The molecule has 1 aromatic carbocycles. The highest BCUT2D eigenvalue weighted by molar-refractivity contribution is 9.10. The van der Waals surface area contributed by atoms with Gasteiger partial charge in [-0.3, -0.25) is 0 Å². The summed E-state index contributed by atoms with van der Waals surface area (Å²) in [4.78, 5) is 0. The molecule has 0 amide bonds. The van der Waals surface area contributed by atoms with Crippen molar-refractivity contribution in [1.29, 1.82) is 0 Å². The molecular weight excluding hydrogens is 268 g/mol. The lowest BCUT2D eigenvalue weighted by Gasteiger charge is -2.17. The molecule has 0 aromatic heterocycles. The Morgan fingerprint density at radius 2 is 2.00 bits per heavy atom. The molecule has 4 N–H and O–H groups in total. The fourth-order valence-corrected chi connectivity index (χ4v) is 1.97. The molecule has 90 valence electrons. The standard InChI is InChI=1S/C12H19BrN2O/c1-8(14)3-5-11(15)10-7-9(13)4-6-12(10)16-2/h4,6-8,11H,3,5,14-15H2,1-2H3. The number of nitrogens with two attached hydrogens (primary N) is 2. The molecule has 2 atom stereocenters. The van der Waals surface area contributed by atoms with Crippen LogP contribution in [0.4, 0.5) is 0 Å². The van der Waals surface area contributed by atoms with Crippen molar-refractivity contribution in [3.8, 4) is 5.75 Å². The molecule has 1 aromatic rings. The van der Waals surface area contributed by atoms with Gasteiger partial charge in [-0.05, 0) is 38.0 Å². The average molecular weight is 287 g/mol. The molecule has 1 rings (SSSR count). The van der Waals surface area contributed by atoms with Crippen LogP contribution in [0.5, 0.6) is 5.75 Å². The molecule has 4 heteroatoms. The lowest BCUT2D eigenvalue weighted by molar-refractivity contribution is 0.402. The number of methoxy groups -OCH3 is 1. The van der Waals surface area contributed by atoms with Crippen molar-refractivity contribution in [2.45, 2.75) is 31.8 Å². The second kappa shape index (κ2) is 6.23. The van der Waals surface area contributed by atoms with Crippen molar-refractivity contribution in [3.63, 3.8) is 0 Å². The van der Waals surface area contributed by atoms with E-state index in [-0.39, 0.29) is 12.1 Å². The molecule has 0 aliphatic heterocycles. The zero-order valence-corrected chi connectivity index (χ0v) is 11.3. The summed E-state index contributed by atoms with van der Waals surface area (Å²) < 4.78 is 6.31. The minimum atomic E-state index is -0.0292. The highest BCUT2D eigenvalue weighted by Crippen LogP contribution is 2.29. The molecule has 0 aliphatic carbocycles. The zero-order valence-electron chi connectivity index (χ0n) is 9.74. The lowest BCUT2D eigenvalue weighted by Crippen LogP contribution is -2.19. The van der Waals surface area contributed by atoms with Crippen LogP contribution in [0.2, 0.25) is 0 Å². The Labute approximate surface area is 105 Å². The van der Waals surface area contributed by atoms with Gasteiger partial charge in [0.25, 0.3) is 0 Å². The molecule has 0 saturated heterocycles. The third-order valence-electron chi connectivity index (χ3n) is 2.52. The summed E-state index contributed by atoms with van der Waals surface area (Å²) in [5, 5.41) is 0. The Kier molecular flexibility index (Phi) is 5.25. The normalized spacial score (nSPS) is 14.6. The van der Waals surface area contributed by atoms with Crippen molar-refractivity contribution in [2.24, 2.45) is 11.5 Å². The van der Waals surface area contributed by atoms with Gasteiger partial charge >= 0.3 is 0 Å². The first-order valence-corrected chi connectivity index (χ1v) is 6.18. The van der Waals surface area contributed by atoms with E-state index in [1.165, 1.54) is 0 Å². The summed E-state index contributed by atoms with van der Waals surface area (Å²) in [5.74, 6) is 0.834. The summed E-state index contributed by atoms with van der Waals surface area (Å²) in [7, 11) is 1.66. The molecule has 2 unspecified atom stereocenters. The van der Waals surface area contributed by atoms with Crippen LogP contribution in [0.1, 0.15) is 31.4 Å². The van der Waals surface area contributed by atoms with Gasteiger partial charge in [0.1, 0.15) is 5.75 Å². The highest BCUT2D eigenvalue weighted by atomic mass is 79.9. The predicted octanol–water partition coefficient (Wildman–Crippen LogP) is 2.58. The van der Waals surface area contributed by atoms with E-state index in [2.05, 4.69) is 15.9 Å². The maximum Gasteiger partial charge on any atom is 0.123 e. The Morgan fingerprint density at radius 1 is 1.31 bits per heavy atom. The van der Waals surface area contributed by atoms with Gasteiger partial charge in [0.2, 0.25) is 0 Å². The second-order valence-electron chi connectivity index (χ2n) is 4.05. The van der Waals surface area contributed by atoms with Crippen LogP contribution in [0.3, 0.4) is 0 Å². The summed E-state index contributed by atoms with van der Waals surface area (Å²) in [6.07, 6.45) is 1.78. The number of hydrogen-bond donors (Lipinski definition) is 2. The van der Waals surface area contributed by atoms with Crippen LogP contribution in [-0.2, 0) is 0 Å². The van der Waals surface area contributed by atoms with E-state index in [9.17, 15) is 0 Å². The molecule has 16 heavy (non-hydrogen) atoms. The molecule has 0 aliphatic rings. The maximum absolute atomic E-state index is 6.13. The van der Waals surface area contributed by atoms with Gasteiger partial charge < -0.3 is 16.2 Å². The minimum absolute atomic E-state index is 0.0292. The van der Waals surface area contributed by atoms with E-state index in [0.29, 0.717) is 0 Å². The number of ether oxygens (including phenoxy) is 1. The molecular formula is C12H19BrN2O. The molecule has 0 spiro atoms. The largest absolute Gasteiger partial charge is 0.496 e. The van der Waals surface area contributed by atoms with Crippen LogP contribution in [0.15, 0.2) is 22.7 Å². The van der Waals surface area contributed by atoms with Gasteiger partial charge in [-0.25, -0.2) is 0 Å². The number of benzene rings is 1. The van der Waals surface area contributed by atoms with E-state index in [1.54, 1.807) is 7.11 Å². The summed E-state index contributed by atoms with van der Waals surface area (Å²) in [6.45, 7) is 1.99. The van der Waals surface area contributed by atoms with Crippen molar-refractivity contribution in [3.05, 3.63) is 28.2 Å². The van der Waals surface area contributed by atoms with E-state index in [1.807, 2.05) is 25.1 Å². The topological polar surface area (TPSA) is 61.3 Å². The van der Waals surface area contributed by atoms with E-state index in [0.717, 1.165) is 28.6 Å². The molecule has 3 nitrogen and oxygen atoms in total. The fourth-order valence-electron chi connectivity index (χ4n) is 1.59. The van der Waals surface area contributed by atoms with Crippen molar-refractivity contribution in [2.75, 3.05) is 7.11 Å². The Bertz CT molecular complexity index is 342. The van der Waals surface area contributed by atoms with Crippen molar-refractivity contribution in [1.82, 2.24) is 0 Å². The molecule has 0 radical (unpaired) electrons. The monoisotopic (exact) mass is 286 g/mol.